The lowest BCUT2D eigenvalue weighted by Gasteiger charge is -2.32. The van der Waals surface area contributed by atoms with Gasteiger partial charge in [0.1, 0.15) is 5.75 Å². The van der Waals surface area contributed by atoms with Gasteiger partial charge in [-0.2, -0.15) is 13.2 Å². The summed E-state index contributed by atoms with van der Waals surface area (Å²) in [5, 5.41) is 3.21. The summed E-state index contributed by atoms with van der Waals surface area (Å²) in [6.07, 6.45) is -2.32. The van der Waals surface area contributed by atoms with Crippen LogP contribution in [0.3, 0.4) is 0 Å². The smallest absolute Gasteiger partial charge is 0.391 e. The van der Waals surface area contributed by atoms with Crippen LogP contribution < -0.4 is 10.1 Å². The molecule has 0 bridgehead atoms. The van der Waals surface area contributed by atoms with Crippen molar-refractivity contribution in [3.63, 3.8) is 0 Å². The molecule has 2 nitrogen and oxygen atoms in total. The second-order valence-electron chi connectivity index (χ2n) is 5.18. The summed E-state index contributed by atoms with van der Waals surface area (Å²) in [4.78, 5) is 0. The molecule has 1 N–H and O–H groups in total. The molecule has 0 amide bonds. The lowest BCUT2D eigenvalue weighted by Crippen LogP contribution is -2.34. The maximum atomic E-state index is 12.8. The molecule has 0 aromatic heterocycles. The Bertz CT molecular complexity index is 433. The topological polar surface area (TPSA) is 21.3 Å². The number of hydrogen-bond donors (Lipinski definition) is 1. The van der Waals surface area contributed by atoms with Gasteiger partial charge in [0.05, 0.1) is 18.2 Å². The number of ether oxygens (including phenoxy) is 1. The predicted octanol–water partition coefficient (Wildman–Crippen LogP) is 4.62. The van der Waals surface area contributed by atoms with E-state index in [-0.39, 0.29) is 18.9 Å². The van der Waals surface area contributed by atoms with Gasteiger partial charge in [0.25, 0.3) is 0 Å². The molecule has 0 saturated heterocycles. The maximum absolute atomic E-state index is 12.8. The number of benzene rings is 1. The molecule has 5 heteroatoms. The lowest BCUT2D eigenvalue weighted by molar-refractivity contribution is -0.182. The van der Waals surface area contributed by atoms with Crippen molar-refractivity contribution in [2.24, 2.45) is 5.92 Å². The van der Waals surface area contributed by atoms with Crippen molar-refractivity contribution in [2.45, 2.75) is 44.8 Å². The van der Waals surface area contributed by atoms with Crippen molar-refractivity contribution in [1.29, 1.82) is 0 Å². The highest BCUT2D eigenvalue weighted by atomic mass is 19.4. The Balaban J connectivity index is 2.03. The molecule has 20 heavy (non-hydrogen) atoms. The van der Waals surface area contributed by atoms with Crippen LogP contribution >= 0.6 is 0 Å². The zero-order valence-electron chi connectivity index (χ0n) is 11.5. The normalized spacial score (nSPS) is 23.4. The highest BCUT2D eigenvalue weighted by Gasteiger charge is 2.42. The minimum atomic E-state index is -4.08. The first kappa shape index (κ1) is 15.0. The molecule has 2 unspecified atom stereocenters. The predicted molar refractivity (Wildman–Crippen MR) is 73.0 cm³/mol. The summed E-state index contributed by atoms with van der Waals surface area (Å²) in [5.74, 6) is -0.489. The van der Waals surface area contributed by atoms with Crippen molar-refractivity contribution in [3.05, 3.63) is 24.3 Å². The van der Waals surface area contributed by atoms with E-state index in [4.69, 9.17) is 4.74 Å². The van der Waals surface area contributed by atoms with E-state index in [0.29, 0.717) is 18.8 Å². The monoisotopic (exact) mass is 287 g/mol. The second kappa shape index (κ2) is 6.37. The standard InChI is InChI=1S/C15H20F3NO/c1-2-20-14-9-4-3-8-13(14)19-12-7-5-6-11(10-12)15(16,17)18/h3-4,8-9,11-12,19H,2,5-7,10H2,1H3. The minimum Gasteiger partial charge on any atom is -0.492 e. The van der Waals surface area contributed by atoms with Crippen molar-refractivity contribution >= 4 is 5.69 Å². The van der Waals surface area contributed by atoms with Crippen LogP contribution in [-0.2, 0) is 0 Å². The zero-order chi connectivity index (χ0) is 14.6. The number of rotatable bonds is 4. The summed E-state index contributed by atoms with van der Waals surface area (Å²) in [5.41, 5.74) is 0.780. The average molecular weight is 287 g/mol. The van der Waals surface area contributed by atoms with E-state index in [1.165, 1.54) is 0 Å². The molecule has 2 atom stereocenters. The molecule has 1 aromatic rings. The van der Waals surface area contributed by atoms with E-state index in [9.17, 15) is 13.2 Å². The van der Waals surface area contributed by atoms with Crippen LogP contribution in [-0.4, -0.2) is 18.8 Å². The molecule has 1 saturated carbocycles. The van der Waals surface area contributed by atoms with Gasteiger partial charge in [0.2, 0.25) is 0 Å². The quantitative estimate of drug-likeness (QED) is 0.872. The van der Waals surface area contributed by atoms with Crippen LogP contribution in [0.5, 0.6) is 5.75 Å². The van der Waals surface area contributed by atoms with Gasteiger partial charge >= 0.3 is 6.18 Å². The third-order valence-electron chi connectivity index (χ3n) is 3.68. The number of alkyl halides is 3. The third-order valence-corrected chi connectivity index (χ3v) is 3.68. The Morgan fingerprint density at radius 1 is 1.25 bits per heavy atom. The molecule has 112 valence electrons. The SMILES string of the molecule is CCOc1ccccc1NC1CCCC(C(F)(F)F)C1. The minimum absolute atomic E-state index is 0.142. The van der Waals surface area contributed by atoms with E-state index in [1.54, 1.807) is 0 Å². The van der Waals surface area contributed by atoms with E-state index in [1.807, 2.05) is 31.2 Å². The number of halogens is 3. The molecule has 2 rings (SSSR count). The highest BCUT2D eigenvalue weighted by molar-refractivity contribution is 5.56. The van der Waals surface area contributed by atoms with Gasteiger partial charge in [-0.15, -0.1) is 0 Å². The van der Waals surface area contributed by atoms with Crippen LogP contribution in [0.25, 0.3) is 0 Å². The molecule has 0 heterocycles. The summed E-state index contributed by atoms with van der Waals surface area (Å²) < 4.78 is 43.9. The van der Waals surface area contributed by atoms with Crippen LogP contribution in [0.4, 0.5) is 18.9 Å². The Morgan fingerprint density at radius 3 is 2.70 bits per heavy atom. The summed E-state index contributed by atoms with van der Waals surface area (Å²) in [6, 6.07) is 7.25. The number of nitrogens with one attached hydrogen (secondary N) is 1. The van der Waals surface area contributed by atoms with Crippen molar-refractivity contribution < 1.29 is 17.9 Å². The van der Waals surface area contributed by atoms with Gasteiger partial charge in [-0.25, -0.2) is 0 Å². The third kappa shape index (κ3) is 3.81. The lowest BCUT2D eigenvalue weighted by atomic mass is 9.85. The number of hydrogen-bond acceptors (Lipinski definition) is 2. The molecule has 1 aliphatic carbocycles. The first-order valence-electron chi connectivity index (χ1n) is 7.05. The molecule has 0 spiro atoms. The molecule has 0 aliphatic heterocycles. The summed E-state index contributed by atoms with van der Waals surface area (Å²) in [7, 11) is 0. The fraction of sp³-hybridized carbons (Fsp3) is 0.600. The molecule has 1 aliphatic rings. The Morgan fingerprint density at radius 2 is 2.00 bits per heavy atom. The van der Waals surface area contributed by atoms with E-state index in [0.717, 1.165) is 12.1 Å². The molecular formula is C15H20F3NO. The molecule has 1 fully saturated rings. The Labute approximate surface area is 117 Å². The number of anilines is 1. The molecule has 1 aromatic carbocycles. The van der Waals surface area contributed by atoms with Crippen molar-refractivity contribution in [2.75, 3.05) is 11.9 Å². The van der Waals surface area contributed by atoms with E-state index in [2.05, 4.69) is 5.32 Å². The van der Waals surface area contributed by atoms with Gasteiger partial charge in [0, 0.05) is 6.04 Å². The Kier molecular flexibility index (Phi) is 4.78. The molecular weight excluding hydrogens is 267 g/mol. The molecule has 0 radical (unpaired) electrons. The summed E-state index contributed by atoms with van der Waals surface area (Å²) in [6.45, 7) is 2.42. The van der Waals surface area contributed by atoms with E-state index < -0.39 is 12.1 Å². The van der Waals surface area contributed by atoms with E-state index >= 15 is 0 Å². The fourth-order valence-electron chi connectivity index (χ4n) is 2.71. The average Bonchev–Trinajstić information content (AvgIpc) is 2.41. The first-order chi connectivity index (χ1) is 9.50. The van der Waals surface area contributed by atoms with Crippen molar-refractivity contribution in [3.8, 4) is 5.75 Å². The number of para-hydroxylation sites is 2. The largest absolute Gasteiger partial charge is 0.492 e. The van der Waals surface area contributed by atoms with Gasteiger partial charge < -0.3 is 10.1 Å². The van der Waals surface area contributed by atoms with Crippen LogP contribution in [0, 0.1) is 5.92 Å². The highest BCUT2D eigenvalue weighted by Crippen LogP contribution is 2.39. The fourth-order valence-corrected chi connectivity index (χ4v) is 2.71. The van der Waals surface area contributed by atoms with Gasteiger partial charge in [0.15, 0.2) is 0 Å². The van der Waals surface area contributed by atoms with Crippen molar-refractivity contribution in [1.82, 2.24) is 0 Å². The van der Waals surface area contributed by atoms with Crippen LogP contribution in [0.15, 0.2) is 24.3 Å². The summed E-state index contributed by atoms with van der Waals surface area (Å²) >= 11 is 0. The van der Waals surface area contributed by atoms with Gasteiger partial charge in [-0.3, -0.25) is 0 Å². The van der Waals surface area contributed by atoms with Gasteiger partial charge in [-0.1, -0.05) is 18.6 Å². The van der Waals surface area contributed by atoms with Crippen LogP contribution in [0.1, 0.15) is 32.6 Å². The van der Waals surface area contributed by atoms with Crippen LogP contribution in [0.2, 0.25) is 0 Å². The first-order valence-corrected chi connectivity index (χ1v) is 7.05. The Hall–Kier alpha value is -1.39. The second-order valence-corrected chi connectivity index (χ2v) is 5.18. The van der Waals surface area contributed by atoms with Gasteiger partial charge in [-0.05, 0) is 38.3 Å². The maximum Gasteiger partial charge on any atom is 0.391 e. The zero-order valence-corrected chi connectivity index (χ0v) is 11.5.